The fraction of sp³-hybridized carbons (Fsp3) is 0.455. The standard InChI is InChI=1S/C22H22F4N6O/c23-14-4-5-18-28-11-16(32(18)12-14)19-27-9-6-17(30-19)29-15-3-1-10-31(13-15)20(33)21(7-2-8-21)22(24,25)26/h4-6,9,11-12,15H,1-3,7-8,10,13H2,(H,27,29,30)/t15-/m1/s1. The molecule has 0 unspecified atom stereocenters. The number of nitrogens with zero attached hydrogens (tertiary/aromatic N) is 5. The third kappa shape index (κ3) is 3.79. The number of nitrogens with one attached hydrogen (secondary N) is 1. The van der Waals surface area contributed by atoms with Gasteiger partial charge in [-0.05, 0) is 43.9 Å². The zero-order chi connectivity index (χ0) is 23.2. The molecule has 0 bridgehead atoms. The maximum atomic E-state index is 13.7. The van der Waals surface area contributed by atoms with Gasteiger partial charge in [-0.3, -0.25) is 9.20 Å². The van der Waals surface area contributed by atoms with E-state index in [4.69, 9.17) is 0 Å². The molecular weight excluding hydrogens is 440 g/mol. The van der Waals surface area contributed by atoms with Crippen LogP contribution in [0.1, 0.15) is 32.1 Å². The number of anilines is 1. The highest BCUT2D eigenvalue weighted by Crippen LogP contribution is 2.54. The second kappa shape index (κ2) is 7.96. The highest BCUT2D eigenvalue weighted by Gasteiger charge is 2.64. The normalized spacial score (nSPS) is 20.5. The second-order valence-electron chi connectivity index (χ2n) is 8.65. The fourth-order valence-electron chi connectivity index (χ4n) is 4.62. The van der Waals surface area contributed by atoms with E-state index in [-0.39, 0.29) is 25.4 Å². The number of halogens is 4. The number of carbonyl (C=O) groups is 1. The molecular formula is C22H22F4N6O. The van der Waals surface area contributed by atoms with Gasteiger partial charge in [-0.25, -0.2) is 19.3 Å². The zero-order valence-electron chi connectivity index (χ0n) is 17.6. The van der Waals surface area contributed by atoms with E-state index in [9.17, 15) is 22.4 Å². The molecule has 0 spiro atoms. The monoisotopic (exact) mass is 462 g/mol. The first-order chi connectivity index (χ1) is 15.8. The molecule has 1 saturated heterocycles. The van der Waals surface area contributed by atoms with Crippen LogP contribution in [0.4, 0.5) is 23.4 Å². The number of hydrogen-bond acceptors (Lipinski definition) is 5. The van der Waals surface area contributed by atoms with Crippen LogP contribution in [0.2, 0.25) is 0 Å². The van der Waals surface area contributed by atoms with Crippen LogP contribution in [-0.4, -0.2) is 55.5 Å². The summed E-state index contributed by atoms with van der Waals surface area (Å²) in [6.45, 7) is 0.494. The van der Waals surface area contributed by atoms with Crippen molar-refractivity contribution in [3.63, 3.8) is 0 Å². The molecule has 174 valence electrons. The van der Waals surface area contributed by atoms with Gasteiger partial charge < -0.3 is 10.2 Å². The number of likely N-dealkylation sites (tertiary alicyclic amines) is 1. The van der Waals surface area contributed by atoms with Crippen molar-refractivity contribution in [2.75, 3.05) is 18.4 Å². The van der Waals surface area contributed by atoms with E-state index < -0.39 is 23.3 Å². The first-order valence-electron chi connectivity index (χ1n) is 10.9. The predicted octanol–water partition coefficient (Wildman–Crippen LogP) is 4.07. The van der Waals surface area contributed by atoms with Gasteiger partial charge >= 0.3 is 6.18 Å². The zero-order valence-corrected chi connectivity index (χ0v) is 17.6. The van der Waals surface area contributed by atoms with Crippen molar-refractivity contribution in [1.82, 2.24) is 24.3 Å². The van der Waals surface area contributed by atoms with E-state index in [1.54, 1.807) is 28.9 Å². The van der Waals surface area contributed by atoms with Crippen molar-refractivity contribution in [3.8, 4) is 11.5 Å². The minimum atomic E-state index is -4.53. The number of alkyl halides is 3. The summed E-state index contributed by atoms with van der Waals surface area (Å²) < 4.78 is 56.1. The quantitative estimate of drug-likeness (QED) is 0.592. The van der Waals surface area contributed by atoms with Gasteiger partial charge in [-0.15, -0.1) is 0 Å². The Bertz CT molecular complexity index is 1190. The largest absolute Gasteiger partial charge is 0.403 e. The summed E-state index contributed by atoms with van der Waals surface area (Å²) in [5.74, 6) is -0.442. The Balaban J connectivity index is 1.33. The van der Waals surface area contributed by atoms with Gasteiger partial charge in [0, 0.05) is 31.5 Å². The summed E-state index contributed by atoms with van der Waals surface area (Å²) in [6.07, 6.45) is 1.29. The topological polar surface area (TPSA) is 75.4 Å². The lowest BCUT2D eigenvalue weighted by molar-refractivity contribution is -0.248. The fourth-order valence-corrected chi connectivity index (χ4v) is 4.62. The summed E-state index contributed by atoms with van der Waals surface area (Å²) in [7, 11) is 0. The number of aromatic nitrogens is 4. The lowest BCUT2D eigenvalue weighted by Gasteiger charge is -2.46. The third-order valence-corrected chi connectivity index (χ3v) is 6.57. The first-order valence-corrected chi connectivity index (χ1v) is 10.9. The molecule has 4 heterocycles. The van der Waals surface area contributed by atoms with Crippen molar-refractivity contribution in [2.45, 2.75) is 44.3 Å². The van der Waals surface area contributed by atoms with Crippen LogP contribution in [0.3, 0.4) is 0 Å². The number of piperidine rings is 1. The first kappa shape index (κ1) is 21.6. The Labute approximate surface area is 186 Å². The molecule has 1 aliphatic carbocycles. The Morgan fingerprint density at radius 3 is 2.70 bits per heavy atom. The van der Waals surface area contributed by atoms with Crippen LogP contribution in [0.5, 0.6) is 0 Å². The number of rotatable bonds is 4. The molecule has 11 heteroatoms. The highest BCUT2D eigenvalue weighted by molar-refractivity contribution is 5.84. The third-order valence-electron chi connectivity index (χ3n) is 6.57. The summed E-state index contributed by atoms with van der Waals surface area (Å²) in [6, 6.07) is 4.27. The van der Waals surface area contributed by atoms with Crippen LogP contribution in [-0.2, 0) is 4.79 Å². The Morgan fingerprint density at radius 2 is 1.97 bits per heavy atom. The van der Waals surface area contributed by atoms with Crippen molar-refractivity contribution in [3.05, 3.63) is 42.6 Å². The molecule has 2 fully saturated rings. The van der Waals surface area contributed by atoms with E-state index in [2.05, 4.69) is 20.3 Å². The van der Waals surface area contributed by atoms with Gasteiger partial charge in [0.1, 0.15) is 28.4 Å². The predicted molar refractivity (Wildman–Crippen MR) is 112 cm³/mol. The number of hydrogen-bond donors (Lipinski definition) is 1. The summed E-state index contributed by atoms with van der Waals surface area (Å²) >= 11 is 0. The van der Waals surface area contributed by atoms with Gasteiger partial charge in [0.05, 0.1) is 6.20 Å². The molecule has 3 aromatic rings. The molecule has 33 heavy (non-hydrogen) atoms. The van der Waals surface area contributed by atoms with Gasteiger partial charge in [-0.1, -0.05) is 6.42 Å². The van der Waals surface area contributed by atoms with E-state index >= 15 is 0 Å². The van der Waals surface area contributed by atoms with E-state index in [1.807, 2.05) is 0 Å². The smallest absolute Gasteiger partial charge is 0.365 e. The van der Waals surface area contributed by atoms with Crippen LogP contribution >= 0.6 is 0 Å². The lowest BCUT2D eigenvalue weighted by atomic mass is 9.67. The number of amides is 1. The molecule has 0 aromatic carbocycles. The maximum absolute atomic E-state index is 13.7. The second-order valence-corrected chi connectivity index (χ2v) is 8.65. The van der Waals surface area contributed by atoms with Crippen LogP contribution in [0.15, 0.2) is 36.8 Å². The molecule has 1 amide bonds. The maximum Gasteiger partial charge on any atom is 0.403 e. The minimum absolute atomic E-state index is 0.140. The van der Waals surface area contributed by atoms with Gasteiger partial charge in [0.25, 0.3) is 0 Å². The Hall–Kier alpha value is -3.24. The number of fused-ring (bicyclic) bond motifs is 1. The van der Waals surface area contributed by atoms with Gasteiger partial charge in [-0.2, -0.15) is 13.2 Å². The summed E-state index contributed by atoms with van der Waals surface area (Å²) in [5.41, 5.74) is -1.18. The molecule has 1 N–H and O–H groups in total. The van der Waals surface area contributed by atoms with E-state index in [0.717, 1.165) is 0 Å². The molecule has 5 rings (SSSR count). The van der Waals surface area contributed by atoms with Gasteiger partial charge in [0.2, 0.25) is 5.91 Å². The average molecular weight is 462 g/mol. The molecule has 1 atom stereocenters. The van der Waals surface area contributed by atoms with Crippen LogP contribution in [0.25, 0.3) is 17.2 Å². The van der Waals surface area contributed by atoms with Crippen molar-refractivity contribution in [1.29, 1.82) is 0 Å². The van der Waals surface area contributed by atoms with Crippen molar-refractivity contribution < 1.29 is 22.4 Å². The molecule has 3 aromatic heterocycles. The Morgan fingerprint density at radius 1 is 1.15 bits per heavy atom. The van der Waals surface area contributed by atoms with Crippen LogP contribution in [0, 0.1) is 11.2 Å². The van der Waals surface area contributed by atoms with Gasteiger partial charge in [0.15, 0.2) is 5.82 Å². The minimum Gasteiger partial charge on any atom is -0.365 e. The highest BCUT2D eigenvalue weighted by atomic mass is 19.4. The van der Waals surface area contributed by atoms with Crippen LogP contribution < -0.4 is 5.32 Å². The number of imidazole rings is 1. The van der Waals surface area contributed by atoms with E-state index in [0.29, 0.717) is 48.8 Å². The molecule has 1 aliphatic heterocycles. The van der Waals surface area contributed by atoms with E-state index in [1.165, 1.54) is 17.2 Å². The Kier molecular flexibility index (Phi) is 5.21. The molecule has 1 saturated carbocycles. The molecule has 0 radical (unpaired) electrons. The summed E-state index contributed by atoms with van der Waals surface area (Å²) in [4.78, 5) is 27.1. The lowest BCUT2D eigenvalue weighted by Crippen LogP contribution is -2.58. The molecule has 2 aliphatic rings. The number of pyridine rings is 1. The average Bonchev–Trinajstić information content (AvgIpc) is 3.15. The number of carbonyl (C=O) groups excluding carboxylic acids is 1. The molecule has 7 nitrogen and oxygen atoms in total. The van der Waals surface area contributed by atoms with Crippen molar-refractivity contribution in [2.24, 2.45) is 5.41 Å². The van der Waals surface area contributed by atoms with Crippen molar-refractivity contribution >= 4 is 17.4 Å². The SMILES string of the molecule is O=C(N1CCC[C@@H](Nc2ccnc(-c3cnc4ccc(F)cn34)n2)C1)C1(C(F)(F)F)CCC1. The summed E-state index contributed by atoms with van der Waals surface area (Å²) in [5, 5.41) is 3.22.